The molecule has 28 heavy (non-hydrogen) atoms. The zero-order valence-electron chi connectivity index (χ0n) is 16.3. The molecule has 1 aromatic carbocycles. The first-order valence-electron chi connectivity index (χ1n) is 9.47. The molecule has 1 aromatic heterocycles. The quantitative estimate of drug-likeness (QED) is 0.793. The third kappa shape index (κ3) is 4.24. The Bertz CT molecular complexity index is 839. The van der Waals surface area contributed by atoms with Gasteiger partial charge in [0.15, 0.2) is 5.76 Å². The van der Waals surface area contributed by atoms with Crippen molar-refractivity contribution in [3.8, 4) is 0 Å². The SMILES string of the molecule is CCc1ccccc1N(CC(=O)N1CCN(C(=O)c2ccco2)CC1)C(C)=O. The summed E-state index contributed by atoms with van der Waals surface area (Å²) >= 11 is 0. The van der Waals surface area contributed by atoms with Gasteiger partial charge >= 0.3 is 0 Å². The number of carbonyl (C=O) groups is 3. The molecular weight excluding hydrogens is 358 g/mol. The smallest absolute Gasteiger partial charge is 0.289 e. The molecule has 1 fully saturated rings. The second-order valence-electron chi connectivity index (χ2n) is 6.74. The van der Waals surface area contributed by atoms with Gasteiger partial charge in [-0.25, -0.2) is 0 Å². The van der Waals surface area contributed by atoms with Crippen molar-refractivity contribution in [2.45, 2.75) is 20.3 Å². The van der Waals surface area contributed by atoms with Crippen LogP contribution in [0.4, 0.5) is 5.69 Å². The van der Waals surface area contributed by atoms with Gasteiger partial charge in [0.1, 0.15) is 6.54 Å². The normalized spacial score (nSPS) is 14.1. The van der Waals surface area contributed by atoms with Crippen LogP contribution in [-0.2, 0) is 16.0 Å². The molecule has 148 valence electrons. The van der Waals surface area contributed by atoms with Crippen molar-refractivity contribution in [1.29, 1.82) is 0 Å². The predicted molar refractivity (Wildman–Crippen MR) is 105 cm³/mol. The summed E-state index contributed by atoms with van der Waals surface area (Å²) in [7, 11) is 0. The minimum Gasteiger partial charge on any atom is -0.459 e. The van der Waals surface area contributed by atoms with E-state index < -0.39 is 0 Å². The number of nitrogens with zero attached hydrogens (tertiary/aromatic N) is 3. The highest BCUT2D eigenvalue weighted by Crippen LogP contribution is 2.21. The van der Waals surface area contributed by atoms with Crippen molar-refractivity contribution >= 4 is 23.4 Å². The van der Waals surface area contributed by atoms with Crippen LogP contribution in [0.15, 0.2) is 47.1 Å². The van der Waals surface area contributed by atoms with E-state index in [1.807, 2.05) is 31.2 Å². The van der Waals surface area contributed by atoms with Crippen molar-refractivity contribution < 1.29 is 18.8 Å². The minimum absolute atomic E-state index is 0.00151. The number of hydrogen-bond acceptors (Lipinski definition) is 4. The predicted octanol–water partition coefficient (Wildman–Crippen LogP) is 2.18. The fourth-order valence-corrected chi connectivity index (χ4v) is 3.39. The monoisotopic (exact) mass is 383 g/mol. The number of anilines is 1. The van der Waals surface area contributed by atoms with Crippen LogP contribution in [0.2, 0.25) is 0 Å². The molecule has 0 atom stereocenters. The summed E-state index contributed by atoms with van der Waals surface area (Å²) < 4.78 is 5.16. The van der Waals surface area contributed by atoms with Crippen molar-refractivity contribution in [1.82, 2.24) is 9.80 Å². The lowest BCUT2D eigenvalue weighted by Gasteiger charge is -2.35. The molecule has 0 saturated carbocycles. The van der Waals surface area contributed by atoms with Crippen LogP contribution in [0.25, 0.3) is 0 Å². The number of benzene rings is 1. The Hall–Kier alpha value is -3.09. The summed E-state index contributed by atoms with van der Waals surface area (Å²) in [6.07, 6.45) is 2.25. The van der Waals surface area contributed by atoms with Crippen LogP contribution in [0, 0.1) is 0 Å². The molecule has 3 amide bonds. The van der Waals surface area contributed by atoms with E-state index in [4.69, 9.17) is 4.42 Å². The molecule has 1 saturated heterocycles. The van der Waals surface area contributed by atoms with E-state index in [9.17, 15) is 14.4 Å². The van der Waals surface area contributed by atoms with Gasteiger partial charge in [-0.15, -0.1) is 0 Å². The van der Waals surface area contributed by atoms with E-state index in [0.717, 1.165) is 17.7 Å². The summed E-state index contributed by atoms with van der Waals surface area (Å²) in [4.78, 5) is 42.2. The number of carbonyl (C=O) groups excluding carboxylic acids is 3. The number of furan rings is 1. The zero-order chi connectivity index (χ0) is 20.1. The lowest BCUT2D eigenvalue weighted by Crippen LogP contribution is -2.53. The maximum absolute atomic E-state index is 12.8. The molecule has 1 aliphatic rings. The average molecular weight is 383 g/mol. The molecule has 2 aromatic rings. The number of rotatable bonds is 5. The molecule has 0 spiro atoms. The molecule has 0 aliphatic carbocycles. The maximum atomic E-state index is 12.8. The third-order valence-corrected chi connectivity index (χ3v) is 4.99. The standard InChI is InChI=1S/C21H25N3O4/c1-3-17-7-4-5-8-18(17)24(16(2)25)15-20(26)22-10-12-23(13-11-22)21(27)19-9-6-14-28-19/h4-9,14H,3,10-13,15H2,1-2H3. The van der Waals surface area contributed by atoms with Crippen LogP contribution >= 0.6 is 0 Å². The molecule has 0 N–H and O–H groups in total. The van der Waals surface area contributed by atoms with E-state index in [-0.39, 0.29) is 24.3 Å². The number of piperazine rings is 1. The topological polar surface area (TPSA) is 74.1 Å². The van der Waals surface area contributed by atoms with Crippen molar-refractivity contribution in [3.05, 3.63) is 54.0 Å². The Morgan fingerprint density at radius 2 is 1.68 bits per heavy atom. The first kappa shape index (κ1) is 19.7. The van der Waals surface area contributed by atoms with E-state index in [1.165, 1.54) is 18.1 Å². The minimum atomic E-state index is -0.167. The molecule has 1 aliphatic heterocycles. The first-order chi connectivity index (χ1) is 13.5. The summed E-state index contributed by atoms with van der Waals surface area (Å²) in [5, 5.41) is 0. The van der Waals surface area contributed by atoms with Gasteiger partial charge in [-0.1, -0.05) is 25.1 Å². The number of amides is 3. The van der Waals surface area contributed by atoms with Crippen molar-refractivity contribution in [3.63, 3.8) is 0 Å². The molecule has 7 nitrogen and oxygen atoms in total. The van der Waals surface area contributed by atoms with E-state index in [1.54, 1.807) is 21.9 Å². The highest BCUT2D eigenvalue weighted by atomic mass is 16.3. The second kappa shape index (κ2) is 8.73. The van der Waals surface area contributed by atoms with Crippen molar-refractivity contribution in [2.75, 3.05) is 37.6 Å². The van der Waals surface area contributed by atoms with Gasteiger partial charge in [-0.3, -0.25) is 14.4 Å². The molecule has 2 heterocycles. The highest BCUT2D eigenvalue weighted by Gasteiger charge is 2.28. The summed E-state index contributed by atoms with van der Waals surface area (Å²) in [6, 6.07) is 10.9. The van der Waals surface area contributed by atoms with Crippen LogP contribution in [0.1, 0.15) is 30.0 Å². The molecule has 0 bridgehead atoms. The maximum Gasteiger partial charge on any atom is 0.289 e. The molecule has 0 radical (unpaired) electrons. The number of para-hydroxylation sites is 1. The van der Waals surface area contributed by atoms with Crippen LogP contribution in [-0.4, -0.2) is 60.2 Å². The highest BCUT2D eigenvalue weighted by molar-refractivity contribution is 5.98. The van der Waals surface area contributed by atoms with Gasteiger partial charge in [0.05, 0.1) is 6.26 Å². The van der Waals surface area contributed by atoms with Crippen LogP contribution in [0.5, 0.6) is 0 Å². The van der Waals surface area contributed by atoms with Gasteiger partial charge in [-0.2, -0.15) is 0 Å². The van der Waals surface area contributed by atoms with Crippen LogP contribution < -0.4 is 4.90 Å². The fraction of sp³-hybridized carbons (Fsp3) is 0.381. The molecular formula is C21H25N3O4. The zero-order valence-corrected chi connectivity index (χ0v) is 16.3. The van der Waals surface area contributed by atoms with Gasteiger partial charge < -0.3 is 19.1 Å². The van der Waals surface area contributed by atoms with E-state index in [0.29, 0.717) is 31.9 Å². The lowest BCUT2D eigenvalue weighted by molar-refractivity contribution is -0.132. The largest absolute Gasteiger partial charge is 0.459 e. The summed E-state index contributed by atoms with van der Waals surface area (Å²) in [5.74, 6) is -0.148. The first-order valence-corrected chi connectivity index (χ1v) is 9.47. The van der Waals surface area contributed by atoms with Gasteiger partial charge in [-0.05, 0) is 30.2 Å². The third-order valence-electron chi connectivity index (χ3n) is 4.99. The fourth-order valence-electron chi connectivity index (χ4n) is 3.39. The molecule has 7 heteroatoms. The molecule has 3 rings (SSSR count). The second-order valence-corrected chi connectivity index (χ2v) is 6.74. The summed E-state index contributed by atoms with van der Waals surface area (Å²) in [6.45, 7) is 5.25. The van der Waals surface area contributed by atoms with E-state index >= 15 is 0 Å². The average Bonchev–Trinajstić information content (AvgIpc) is 3.26. The Morgan fingerprint density at radius 1 is 1.00 bits per heavy atom. The van der Waals surface area contributed by atoms with E-state index in [2.05, 4.69) is 0 Å². The Kier molecular flexibility index (Phi) is 6.13. The number of aryl methyl sites for hydroxylation is 1. The number of hydrogen-bond donors (Lipinski definition) is 0. The molecule has 0 unspecified atom stereocenters. The Morgan fingerprint density at radius 3 is 2.29 bits per heavy atom. The lowest BCUT2D eigenvalue weighted by atomic mass is 10.1. The van der Waals surface area contributed by atoms with Gasteiger partial charge in [0.25, 0.3) is 5.91 Å². The van der Waals surface area contributed by atoms with Crippen molar-refractivity contribution in [2.24, 2.45) is 0 Å². The Balaban J connectivity index is 1.62. The summed E-state index contributed by atoms with van der Waals surface area (Å²) in [5.41, 5.74) is 1.80. The Labute approximate surface area is 164 Å². The van der Waals surface area contributed by atoms with Gasteiger partial charge in [0.2, 0.25) is 11.8 Å². The van der Waals surface area contributed by atoms with Gasteiger partial charge in [0, 0.05) is 38.8 Å². The van der Waals surface area contributed by atoms with Crippen LogP contribution in [0.3, 0.4) is 0 Å².